The van der Waals surface area contributed by atoms with Crippen molar-refractivity contribution in [3.05, 3.63) is 71.0 Å². The van der Waals surface area contributed by atoms with E-state index in [0.717, 1.165) is 22.1 Å². The Labute approximate surface area is 153 Å². The van der Waals surface area contributed by atoms with Crippen LogP contribution in [0.3, 0.4) is 0 Å². The average Bonchev–Trinajstić information content (AvgIpc) is 2.95. The predicted octanol–water partition coefficient (Wildman–Crippen LogP) is 3.83. The highest BCUT2D eigenvalue weighted by Gasteiger charge is 2.13. The van der Waals surface area contributed by atoms with E-state index in [1.165, 1.54) is 11.1 Å². The molecule has 132 valence electrons. The van der Waals surface area contributed by atoms with Gasteiger partial charge in [0.15, 0.2) is 0 Å². The number of benzene rings is 2. The lowest BCUT2D eigenvalue weighted by molar-refractivity contribution is -0.120. The van der Waals surface area contributed by atoms with Gasteiger partial charge in [-0.3, -0.25) is 4.79 Å². The smallest absolute Gasteiger partial charge is 0.224 e. The molecule has 2 aromatic carbocycles. The van der Waals surface area contributed by atoms with E-state index in [2.05, 4.69) is 25.2 Å². The summed E-state index contributed by atoms with van der Waals surface area (Å²) < 4.78 is 5.58. The van der Waals surface area contributed by atoms with E-state index >= 15 is 0 Å². The van der Waals surface area contributed by atoms with Crippen LogP contribution in [0.2, 0.25) is 0 Å². The second kappa shape index (κ2) is 8.19. The molecule has 25 heavy (non-hydrogen) atoms. The third-order valence-electron chi connectivity index (χ3n) is 4.37. The van der Waals surface area contributed by atoms with Crippen molar-refractivity contribution in [1.29, 1.82) is 0 Å². The highest BCUT2D eigenvalue weighted by atomic mass is 35.5. The molecule has 1 unspecified atom stereocenters. The van der Waals surface area contributed by atoms with Gasteiger partial charge in [-0.05, 0) is 42.7 Å². The maximum Gasteiger partial charge on any atom is 0.224 e. The van der Waals surface area contributed by atoms with Crippen LogP contribution in [0.4, 0.5) is 0 Å². The second-order valence-electron chi connectivity index (χ2n) is 6.19. The fraction of sp³-hybridized carbons (Fsp3) is 0.250. The Kier molecular flexibility index (Phi) is 6.23. The van der Waals surface area contributed by atoms with Crippen LogP contribution in [0.25, 0.3) is 11.0 Å². The highest BCUT2D eigenvalue weighted by Crippen LogP contribution is 2.25. The predicted molar refractivity (Wildman–Crippen MR) is 103 cm³/mol. The molecule has 0 fully saturated rings. The van der Waals surface area contributed by atoms with Gasteiger partial charge in [-0.15, -0.1) is 12.4 Å². The lowest BCUT2D eigenvalue weighted by atomic mass is 10.0. The van der Waals surface area contributed by atoms with Gasteiger partial charge in [-0.25, -0.2) is 0 Å². The minimum Gasteiger partial charge on any atom is -0.464 e. The quantitative estimate of drug-likeness (QED) is 0.728. The molecule has 3 aromatic rings. The fourth-order valence-electron chi connectivity index (χ4n) is 2.75. The Morgan fingerprint density at radius 1 is 1.16 bits per heavy atom. The second-order valence-corrected chi connectivity index (χ2v) is 6.19. The number of nitrogens with one attached hydrogen (secondary N) is 1. The third kappa shape index (κ3) is 4.41. The summed E-state index contributed by atoms with van der Waals surface area (Å²) in [5, 5.41) is 3.90. The maximum atomic E-state index is 12.2. The molecule has 0 aliphatic rings. The van der Waals surface area contributed by atoms with Crippen molar-refractivity contribution in [2.24, 2.45) is 5.73 Å². The molecule has 1 aromatic heterocycles. The lowest BCUT2D eigenvalue weighted by Gasteiger charge is -2.13. The molecule has 0 bridgehead atoms. The Morgan fingerprint density at radius 2 is 1.84 bits per heavy atom. The van der Waals surface area contributed by atoms with Crippen LogP contribution in [0.5, 0.6) is 0 Å². The number of carbonyl (C=O) groups excluding carboxylic acids is 1. The maximum absolute atomic E-state index is 12.2. The SMILES string of the molecule is Cc1cc2occ(CC(=O)NCC(N)c3ccccc3)c2cc1C.Cl. The Hall–Kier alpha value is -2.30. The largest absolute Gasteiger partial charge is 0.464 e. The first-order chi connectivity index (χ1) is 11.5. The van der Waals surface area contributed by atoms with Crippen LogP contribution in [-0.4, -0.2) is 12.5 Å². The summed E-state index contributed by atoms with van der Waals surface area (Å²) in [5.74, 6) is -0.0534. The van der Waals surface area contributed by atoms with E-state index in [1.807, 2.05) is 36.4 Å². The molecule has 0 aliphatic heterocycles. The summed E-state index contributed by atoms with van der Waals surface area (Å²) in [4.78, 5) is 12.2. The molecule has 0 radical (unpaired) electrons. The van der Waals surface area contributed by atoms with Crippen LogP contribution >= 0.6 is 12.4 Å². The van der Waals surface area contributed by atoms with Crippen LogP contribution in [0, 0.1) is 13.8 Å². The van der Waals surface area contributed by atoms with Crippen LogP contribution in [0.15, 0.2) is 53.1 Å². The normalized spacial score (nSPS) is 11.8. The van der Waals surface area contributed by atoms with Crippen molar-refractivity contribution in [3.63, 3.8) is 0 Å². The lowest BCUT2D eigenvalue weighted by Crippen LogP contribution is -2.32. The van der Waals surface area contributed by atoms with Crippen molar-refractivity contribution in [2.75, 3.05) is 6.54 Å². The number of hydrogen-bond donors (Lipinski definition) is 2. The molecular formula is C20H23ClN2O2. The van der Waals surface area contributed by atoms with E-state index < -0.39 is 0 Å². The van der Waals surface area contributed by atoms with Crippen molar-refractivity contribution >= 4 is 29.3 Å². The molecule has 0 spiro atoms. The van der Waals surface area contributed by atoms with Gasteiger partial charge in [0, 0.05) is 23.5 Å². The van der Waals surface area contributed by atoms with Gasteiger partial charge in [0.25, 0.3) is 0 Å². The van der Waals surface area contributed by atoms with Crippen molar-refractivity contribution in [2.45, 2.75) is 26.3 Å². The summed E-state index contributed by atoms with van der Waals surface area (Å²) in [7, 11) is 0. The zero-order valence-electron chi connectivity index (χ0n) is 14.4. The number of amides is 1. The van der Waals surface area contributed by atoms with Gasteiger partial charge >= 0.3 is 0 Å². The first kappa shape index (κ1) is 19.0. The van der Waals surface area contributed by atoms with Gasteiger partial charge in [-0.2, -0.15) is 0 Å². The first-order valence-electron chi connectivity index (χ1n) is 8.09. The molecular weight excluding hydrogens is 336 g/mol. The molecule has 4 nitrogen and oxygen atoms in total. The molecule has 1 atom stereocenters. The number of furan rings is 1. The van der Waals surface area contributed by atoms with Crippen LogP contribution < -0.4 is 11.1 Å². The van der Waals surface area contributed by atoms with Gasteiger partial charge < -0.3 is 15.5 Å². The van der Waals surface area contributed by atoms with Gasteiger partial charge in [0.2, 0.25) is 5.91 Å². The van der Waals surface area contributed by atoms with Crippen molar-refractivity contribution in [3.8, 4) is 0 Å². The summed E-state index contributed by atoms with van der Waals surface area (Å²) >= 11 is 0. The standard InChI is InChI=1S/C20H22N2O2.ClH/c1-13-8-17-16(12-24-19(17)9-14(13)2)10-20(23)22-11-18(21)15-6-4-3-5-7-15;/h3-9,12,18H,10-11,21H2,1-2H3,(H,22,23);1H. The number of halogens is 1. The summed E-state index contributed by atoms with van der Waals surface area (Å²) in [6, 6.07) is 13.6. The number of fused-ring (bicyclic) bond motifs is 1. The molecule has 1 amide bonds. The van der Waals surface area contributed by atoms with Gasteiger partial charge in [0.05, 0.1) is 12.7 Å². The highest BCUT2D eigenvalue weighted by molar-refractivity contribution is 5.88. The topological polar surface area (TPSA) is 68.3 Å². The molecule has 3 rings (SSSR count). The molecule has 1 heterocycles. The van der Waals surface area contributed by atoms with Crippen LogP contribution in [-0.2, 0) is 11.2 Å². The van der Waals surface area contributed by atoms with E-state index in [0.29, 0.717) is 6.54 Å². The van der Waals surface area contributed by atoms with E-state index in [9.17, 15) is 4.79 Å². The summed E-state index contributed by atoms with van der Waals surface area (Å²) in [6.07, 6.45) is 1.96. The minimum absolute atomic E-state index is 0. The Bertz CT molecular complexity index is 859. The number of carbonyl (C=O) groups is 1. The number of aryl methyl sites for hydroxylation is 2. The molecule has 0 aliphatic carbocycles. The molecule has 0 saturated heterocycles. The van der Waals surface area contributed by atoms with Gasteiger partial charge in [-0.1, -0.05) is 30.3 Å². The zero-order valence-corrected chi connectivity index (χ0v) is 15.2. The van der Waals surface area contributed by atoms with Crippen molar-refractivity contribution < 1.29 is 9.21 Å². The minimum atomic E-state index is -0.207. The monoisotopic (exact) mass is 358 g/mol. The first-order valence-corrected chi connectivity index (χ1v) is 8.09. The summed E-state index contributed by atoms with van der Waals surface area (Å²) in [6.45, 7) is 4.52. The van der Waals surface area contributed by atoms with Gasteiger partial charge in [0.1, 0.15) is 5.58 Å². The summed E-state index contributed by atoms with van der Waals surface area (Å²) in [5.41, 5.74) is 11.2. The Balaban J connectivity index is 0.00000225. The van der Waals surface area contributed by atoms with E-state index in [4.69, 9.17) is 10.2 Å². The number of rotatable bonds is 5. The molecule has 0 saturated carbocycles. The number of hydrogen-bond acceptors (Lipinski definition) is 3. The number of nitrogens with two attached hydrogens (primary N) is 1. The Morgan fingerprint density at radius 3 is 2.56 bits per heavy atom. The third-order valence-corrected chi connectivity index (χ3v) is 4.37. The van der Waals surface area contributed by atoms with Crippen LogP contribution in [0.1, 0.15) is 28.3 Å². The van der Waals surface area contributed by atoms with Crippen molar-refractivity contribution in [1.82, 2.24) is 5.32 Å². The van der Waals surface area contributed by atoms with E-state index in [1.54, 1.807) is 6.26 Å². The molecule has 3 N–H and O–H groups in total. The van der Waals surface area contributed by atoms with E-state index in [-0.39, 0.29) is 30.8 Å². The average molecular weight is 359 g/mol. The fourth-order valence-corrected chi connectivity index (χ4v) is 2.75. The zero-order chi connectivity index (χ0) is 17.1. The molecule has 5 heteroatoms.